The number of aromatic nitrogens is 2. The van der Waals surface area contributed by atoms with Crippen molar-refractivity contribution in [2.24, 2.45) is 5.73 Å². The summed E-state index contributed by atoms with van der Waals surface area (Å²) in [5.74, 6) is 0. The number of hydrogen-bond acceptors (Lipinski definition) is 3. The van der Waals surface area contributed by atoms with Crippen LogP contribution in [-0.4, -0.2) is 28.5 Å². The molecule has 15 heavy (non-hydrogen) atoms. The van der Waals surface area contributed by atoms with E-state index in [0.29, 0.717) is 6.61 Å². The smallest absolute Gasteiger partial charge is 0.0650 e. The molecule has 1 unspecified atom stereocenters. The van der Waals surface area contributed by atoms with E-state index in [4.69, 9.17) is 10.5 Å². The molecule has 0 saturated carbocycles. The average molecular weight is 209 g/mol. The molecule has 1 saturated heterocycles. The van der Waals surface area contributed by atoms with Gasteiger partial charge in [-0.1, -0.05) is 0 Å². The van der Waals surface area contributed by atoms with Crippen LogP contribution in [0, 0.1) is 6.92 Å². The molecule has 1 atom stereocenters. The van der Waals surface area contributed by atoms with E-state index in [2.05, 4.69) is 18.1 Å². The van der Waals surface area contributed by atoms with Crippen molar-refractivity contribution in [3.05, 3.63) is 17.5 Å². The van der Waals surface area contributed by atoms with Crippen molar-refractivity contribution in [3.63, 3.8) is 0 Å². The summed E-state index contributed by atoms with van der Waals surface area (Å²) in [6.07, 6.45) is 1.81. The second kappa shape index (κ2) is 3.94. The fraction of sp³-hybridized carbons (Fsp3) is 0.727. The minimum absolute atomic E-state index is 0.181. The summed E-state index contributed by atoms with van der Waals surface area (Å²) in [6.45, 7) is 6.48. The third-order valence-electron chi connectivity index (χ3n) is 2.95. The summed E-state index contributed by atoms with van der Waals surface area (Å²) in [6, 6.07) is 2.12. The third-order valence-corrected chi connectivity index (χ3v) is 2.95. The van der Waals surface area contributed by atoms with E-state index in [1.165, 1.54) is 5.69 Å². The number of aryl methyl sites for hydroxylation is 2. The highest BCUT2D eigenvalue weighted by Gasteiger charge is 2.31. The quantitative estimate of drug-likeness (QED) is 0.803. The molecule has 1 aromatic heterocycles. The Morgan fingerprint density at radius 2 is 2.47 bits per heavy atom. The van der Waals surface area contributed by atoms with Gasteiger partial charge in [-0.15, -0.1) is 0 Å². The van der Waals surface area contributed by atoms with Gasteiger partial charge in [0.05, 0.1) is 12.3 Å². The van der Waals surface area contributed by atoms with Crippen molar-refractivity contribution in [2.45, 2.75) is 38.8 Å². The first-order chi connectivity index (χ1) is 7.13. The summed E-state index contributed by atoms with van der Waals surface area (Å²) < 4.78 is 7.39. The molecule has 1 aromatic rings. The molecule has 0 spiro atoms. The predicted molar refractivity (Wildman–Crippen MR) is 58.7 cm³/mol. The minimum Gasteiger partial charge on any atom is -0.379 e. The van der Waals surface area contributed by atoms with Crippen LogP contribution in [-0.2, 0) is 17.7 Å². The summed E-state index contributed by atoms with van der Waals surface area (Å²) in [5.41, 5.74) is 8.37. The van der Waals surface area contributed by atoms with Gasteiger partial charge in [0.25, 0.3) is 0 Å². The fourth-order valence-electron chi connectivity index (χ4n) is 2.14. The monoisotopic (exact) mass is 209 g/mol. The number of nitrogens with zero attached hydrogens (tertiary/aromatic N) is 2. The van der Waals surface area contributed by atoms with Crippen LogP contribution >= 0.6 is 0 Å². The molecule has 4 heteroatoms. The van der Waals surface area contributed by atoms with Gasteiger partial charge in [0, 0.05) is 30.8 Å². The topological polar surface area (TPSA) is 53.1 Å². The lowest BCUT2D eigenvalue weighted by atomic mass is 9.94. The summed E-state index contributed by atoms with van der Waals surface area (Å²) in [4.78, 5) is 0. The molecule has 0 bridgehead atoms. The number of ether oxygens (including phenoxy) is 1. The molecule has 2 N–H and O–H groups in total. The van der Waals surface area contributed by atoms with Crippen LogP contribution < -0.4 is 5.73 Å². The zero-order valence-electron chi connectivity index (χ0n) is 9.49. The largest absolute Gasteiger partial charge is 0.379 e. The van der Waals surface area contributed by atoms with Gasteiger partial charge in [0.1, 0.15) is 0 Å². The molecule has 0 aliphatic carbocycles. The van der Waals surface area contributed by atoms with Crippen LogP contribution in [0.3, 0.4) is 0 Å². The Bertz CT molecular complexity index is 340. The molecule has 0 aromatic carbocycles. The van der Waals surface area contributed by atoms with Gasteiger partial charge in [-0.25, -0.2) is 0 Å². The molecule has 1 aliphatic rings. The van der Waals surface area contributed by atoms with E-state index in [1.807, 2.05) is 11.6 Å². The first-order valence-electron chi connectivity index (χ1n) is 5.53. The van der Waals surface area contributed by atoms with Gasteiger partial charge in [0.2, 0.25) is 0 Å². The van der Waals surface area contributed by atoms with Crippen molar-refractivity contribution in [1.82, 2.24) is 9.78 Å². The van der Waals surface area contributed by atoms with E-state index in [9.17, 15) is 0 Å². The highest BCUT2D eigenvalue weighted by molar-refractivity contribution is 5.13. The van der Waals surface area contributed by atoms with Gasteiger partial charge in [-0.2, -0.15) is 5.10 Å². The second-order valence-corrected chi connectivity index (χ2v) is 4.43. The predicted octanol–water partition coefficient (Wildman–Crippen LogP) is 0.872. The van der Waals surface area contributed by atoms with Crippen molar-refractivity contribution in [1.29, 1.82) is 0 Å². The van der Waals surface area contributed by atoms with Crippen LogP contribution in [0.5, 0.6) is 0 Å². The van der Waals surface area contributed by atoms with Crippen molar-refractivity contribution in [3.8, 4) is 0 Å². The maximum Gasteiger partial charge on any atom is 0.0650 e. The van der Waals surface area contributed by atoms with E-state index >= 15 is 0 Å². The molecule has 2 heterocycles. The second-order valence-electron chi connectivity index (χ2n) is 4.43. The lowest BCUT2D eigenvalue weighted by molar-refractivity contribution is 0.177. The van der Waals surface area contributed by atoms with Crippen LogP contribution in [0.4, 0.5) is 0 Å². The molecule has 0 radical (unpaired) electrons. The van der Waals surface area contributed by atoms with E-state index < -0.39 is 0 Å². The Labute approximate surface area is 90.4 Å². The van der Waals surface area contributed by atoms with Gasteiger partial charge >= 0.3 is 0 Å². The van der Waals surface area contributed by atoms with Gasteiger partial charge < -0.3 is 10.5 Å². The normalized spacial score (nSPS) is 26.1. The molecular formula is C11H19N3O. The Kier molecular flexibility index (Phi) is 2.80. The van der Waals surface area contributed by atoms with Gasteiger partial charge in [-0.3, -0.25) is 4.68 Å². The van der Waals surface area contributed by atoms with Crippen LogP contribution in [0.15, 0.2) is 6.07 Å². The Balaban J connectivity index is 2.15. The zero-order chi connectivity index (χ0) is 10.9. The summed E-state index contributed by atoms with van der Waals surface area (Å²) >= 11 is 0. The SMILES string of the molecule is CCn1nc(C)cc1CC1(N)CCOC1. The Morgan fingerprint density at radius 3 is 3.07 bits per heavy atom. The van der Waals surface area contributed by atoms with Gasteiger partial charge in [0.15, 0.2) is 0 Å². The Hall–Kier alpha value is -0.870. The highest BCUT2D eigenvalue weighted by Crippen LogP contribution is 2.21. The van der Waals surface area contributed by atoms with Gasteiger partial charge in [-0.05, 0) is 26.3 Å². The highest BCUT2D eigenvalue weighted by atomic mass is 16.5. The number of nitrogens with two attached hydrogens (primary N) is 1. The summed E-state index contributed by atoms with van der Waals surface area (Å²) in [5, 5.41) is 4.42. The third kappa shape index (κ3) is 2.21. The first-order valence-corrected chi connectivity index (χ1v) is 5.53. The zero-order valence-corrected chi connectivity index (χ0v) is 9.49. The van der Waals surface area contributed by atoms with Crippen LogP contribution in [0.1, 0.15) is 24.7 Å². The summed E-state index contributed by atoms with van der Waals surface area (Å²) in [7, 11) is 0. The number of hydrogen-bond donors (Lipinski definition) is 1. The van der Waals surface area contributed by atoms with Crippen molar-refractivity contribution in [2.75, 3.05) is 13.2 Å². The maximum absolute atomic E-state index is 6.26. The van der Waals surface area contributed by atoms with Crippen LogP contribution in [0.25, 0.3) is 0 Å². The van der Waals surface area contributed by atoms with E-state index in [1.54, 1.807) is 0 Å². The standard InChI is InChI=1S/C11H19N3O/c1-3-14-10(6-9(2)13-14)7-11(12)4-5-15-8-11/h6H,3-5,7-8,12H2,1-2H3. The van der Waals surface area contributed by atoms with Crippen molar-refractivity contribution < 1.29 is 4.74 Å². The lowest BCUT2D eigenvalue weighted by Gasteiger charge is -2.21. The maximum atomic E-state index is 6.26. The van der Waals surface area contributed by atoms with Crippen LogP contribution in [0.2, 0.25) is 0 Å². The van der Waals surface area contributed by atoms with Crippen molar-refractivity contribution >= 4 is 0 Å². The average Bonchev–Trinajstić information content (AvgIpc) is 2.73. The number of rotatable bonds is 3. The minimum atomic E-state index is -0.181. The Morgan fingerprint density at radius 1 is 1.67 bits per heavy atom. The van der Waals surface area contributed by atoms with E-state index in [-0.39, 0.29) is 5.54 Å². The molecule has 4 nitrogen and oxygen atoms in total. The molecule has 1 fully saturated rings. The molecule has 84 valence electrons. The molecule has 1 aliphatic heterocycles. The van der Waals surface area contributed by atoms with E-state index in [0.717, 1.165) is 31.7 Å². The molecule has 2 rings (SSSR count). The first kappa shape index (κ1) is 10.6. The fourth-order valence-corrected chi connectivity index (χ4v) is 2.14. The lowest BCUT2D eigenvalue weighted by Crippen LogP contribution is -2.43. The molecule has 0 amide bonds. The molecular weight excluding hydrogens is 190 g/mol.